The maximum Gasteiger partial charge on any atom is 0.326 e. The lowest BCUT2D eigenvalue weighted by Gasteiger charge is -2.30. The van der Waals surface area contributed by atoms with Crippen molar-refractivity contribution in [1.82, 2.24) is 25.5 Å². The molecule has 2 aromatic carbocycles. The minimum Gasteiger partial charge on any atom is -0.508 e. The summed E-state index contributed by atoms with van der Waals surface area (Å²) in [5, 5.41) is 24.5. The van der Waals surface area contributed by atoms with Gasteiger partial charge in [0.05, 0.1) is 12.4 Å². The van der Waals surface area contributed by atoms with Gasteiger partial charge in [-0.25, -0.2) is 9.78 Å². The van der Waals surface area contributed by atoms with E-state index >= 15 is 0 Å². The lowest BCUT2D eigenvalue weighted by atomic mass is 10.0. The van der Waals surface area contributed by atoms with Crippen molar-refractivity contribution in [3.63, 3.8) is 0 Å². The molecule has 4 rings (SSSR count). The average Bonchev–Trinajstić information content (AvgIpc) is 3.66. The molecule has 1 aromatic heterocycles. The van der Waals surface area contributed by atoms with E-state index in [1.807, 2.05) is 6.07 Å². The molecule has 3 aromatic rings. The molecule has 0 radical (unpaired) electrons. The van der Waals surface area contributed by atoms with E-state index < -0.39 is 47.9 Å². The Balaban J connectivity index is 1.45. The number of H-pyrrole nitrogens is 1. The van der Waals surface area contributed by atoms with Crippen LogP contribution in [-0.2, 0) is 38.4 Å². The van der Waals surface area contributed by atoms with Crippen molar-refractivity contribution in [2.75, 3.05) is 6.54 Å². The van der Waals surface area contributed by atoms with Crippen molar-refractivity contribution in [1.29, 1.82) is 0 Å². The Morgan fingerprint density at radius 2 is 1.68 bits per heavy atom. The topological polar surface area (TPSA) is 191 Å². The quantitative estimate of drug-likeness (QED) is 0.184. The summed E-state index contributed by atoms with van der Waals surface area (Å²) in [4.78, 5) is 60.3. The molecule has 41 heavy (non-hydrogen) atoms. The average molecular weight is 563 g/mol. The molecule has 4 atom stereocenters. The summed E-state index contributed by atoms with van der Waals surface area (Å²) >= 11 is 0. The molecule has 12 nitrogen and oxygen atoms in total. The fraction of sp³-hybridized carbons (Fsp3) is 0.345. The Hall–Kier alpha value is -4.71. The number of rotatable bonds is 12. The zero-order chi connectivity index (χ0) is 29.4. The summed E-state index contributed by atoms with van der Waals surface area (Å²) in [6.07, 6.45) is 4.28. The maximum absolute atomic E-state index is 13.8. The van der Waals surface area contributed by atoms with E-state index in [1.165, 1.54) is 29.6 Å². The fourth-order valence-corrected chi connectivity index (χ4v) is 4.89. The number of carbonyl (C=O) groups excluding carboxylic acids is 3. The highest BCUT2D eigenvalue weighted by Gasteiger charge is 2.39. The number of aliphatic carboxylic acids is 1. The predicted octanol–water partition coefficient (Wildman–Crippen LogP) is 0.516. The largest absolute Gasteiger partial charge is 0.508 e. The van der Waals surface area contributed by atoms with Gasteiger partial charge in [0.25, 0.3) is 0 Å². The van der Waals surface area contributed by atoms with Crippen LogP contribution in [-0.4, -0.2) is 79.5 Å². The van der Waals surface area contributed by atoms with Crippen molar-refractivity contribution in [2.24, 2.45) is 5.73 Å². The molecule has 4 unspecified atom stereocenters. The summed E-state index contributed by atoms with van der Waals surface area (Å²) in [5.41, 5.74) is 8.24. The van der Waals surface area contributed by atoms with E-state index in [-0.39, 0.29) is 31.6 Å². The van der Waals surface area contributed by atoms with Crippen LogP contribution in [0, 0.1) is 0 Å². The highest BCUT2D eigenvalue weighted by atomic mass is 16.4. The molecular weight excluding hydrogens is 528 g/mol. The number of phenols is 1. The van der Waals surface area contributed by atoms with Crippen LogP contribution in [0.1, 0.15) is 29.7 Å². The van der Waals surface area contributed by atoms with Crippen molar-refractivity contribution < 1.29 is 29.4 Å². The Labute approximate surface area is 237 Å². The summed E-state index contributed by atoms with van der Waals surface area (Å²) in [5.74, 6) is -2.67. The molecule has 0 saturated carbocycles. The summed E-state index contributed by atoms with van der Waals surface area (Å²) in [6, 6.07) is 11.2. The first-order valence-corrected chi connectivity index (χ1v) is 13.4. The number of aromatic hydroxyl groups is 1. The van der Waals surface area contributed by atoms with Gasteiger partial charge >= 0.3 is 5.97 Å². The van der Waals surface area contributed by atoms with Crippen LogP contribution >= 0.6 is 0 Å². The molecule has 2 heterocycles. The van der Waals surface area contributed by atoms with E-state index in [2.05, 4.69) is 20.6 Å². The molecule has 1 aliphatic rings. The molecule has 1 saturated heterocycles. The molecule has 7 N–H and O–H groups in total. The van der Waals surface area contributed by atoms with Crippen molar-refractivity contribution in [3.8, 4) is 5.75 Å². The number of aromatic nitrogens is 2. The first kappa shape index (κ1) is 29.3. The number of nitrogens with two attached hydrogens (primary N) is 1. The maximum atomic E-state index is 13.8. The van der Waals surface area contributed by atoms with Gasteiger partial charge in [0.1, 0.15) is 23.9 Å². The minimum atomic E-state index is -1.18. The van der Waals surface area contributed by atoms with E-state index in [4.69, 9.17) is 5.73 Å². The number of benzene rings is 2. The van der Waals surface area contributed by atoms with Gasteiger partial charge in [-0.3, -0.25) is 14.4 Å². The second-order valence-corrected chi connectivity index (χ2v) is 10.1. The number of hydrogen-bond donors (Lipinski definition) is 6. The third-order valence-corrected chi connectivity index (χ3v) is 7.06. The van der Waals surface area contributed by atoms with Crippen LogP contribution in [0.4, 0.5) is 0 Å². The number of likely N-dealkylation sites (tertiary alicyclic amines) is 1. The minimum absolute atomic E-state index is 0.0904. The molecule has 0 bridgehead atoms. The van der Waals surface area contributed by atoms with E-state index in [1.54, 1.807) is 36.4 Å². The number of carboxylic acids is 1. The normalized spacial score (nSPS) is 16.9. The van der Waals surface area contributed by atoms with E-state index in [0.29, 0.717) is 18.5 Å². The van der Waals surface area contributed by atoms with Gasteiger partial charge < -0.3 is 36.5 Å². The Morgan fingerprint density at radius 3 is 2.34 bits per heavy atom. The molecule has 0 aliphatic carbocycles. The Kier molecular flexibility index (Phi) is 9.69. The third-order valence-electron chi connectivity index (χ3n) is 7.06. The molecule has 0 spiro atoms. The van der Waals surface area contributed by atoms with Gasteiger partial charge in [-0.15, -0.1) is 0 Å². The molecule has 12 heteroatoms. The van der Waals surface area contributed by atoms with Crippen LogP contribution < -0.4 is 16.4 Å². The molecule has 1 aliphatic heterocycles. The first-order chi connectivity index (χ1) is 19.7. The van der Waals surface area contributed by atoms with Gasteiger partial charge in [-0.05, 0) is 42.5 Å². The highest BCUT2D eigenvalue weighted by Crippen LogP contribution is 2.20. The highest BCUT2D eigenvalue weighted by molar-refractivity contribution is 5.94. The van der Waals surface area contributed by atoms with Crippen molar-refractivity contribution >= 4 is 23.7 Å². The number of nitrogens with one attached hydrogen (secondary N) is 3. The number of amides is 3. The number of nitrogens with zero attached hydrogens (tertiary/aromatic N) is 2. The SMILES string of the molecule is NC(Cc1ccc(O)cc1)C(=O)NC(Cc1cnc[nH]1)C(=O)N1CCCC1C(=O)NC(Cc1ccccc1)C(=O)O. The third kappa shape index (κ3) is 7.92. The van der Waals surface area contributed by atoms with Crippen LogP contribution in [0.3, 0.4) is 0 Å². The van der Waals surface area contributed by atoms with Crippen LogP contribution in [0.25, 0.3) is 0 Å². The second kappa shape index (κ2) is 13.6. The van der Waals surface area contributed by atoms with Gasteiger partial charge in [0.15, 0.2) is 0 Å². The lowest BCUT2D eigenvalue weighted by Crippen LogP contribution is -2.57. The molecule has 216 valence electrons. The zero-order valence-corrected chi connectivity index (χ0v) is 22.4. The summed E-state index contributed by atoms with van der Waals surface area (Å²) in [7, 11) is 0. The number of carboxylic acid groups (broad SMARTS) is 1. The van der Waals surface area contributed by atoms with Gasteiger partial charge in [-0.2, -0.15) is 0 Å². The lowest BCUT2D eigenvalue weighted by molar-refractivity contribution is -0.144. The first-order valence-electron chi connectivity index (χ1n) is 13.4. The summed E-state index contributed by atoms with van der Waals surface area (Å²) < 4.78 is 0. The van der Waals surface area contributed by atoms with Crippen LogP contribution in [0.2, 0.25) is 0 Å². The van der Waals surface area contributed by atoms with Crippen LogP contribution in [0.15, 0.2) is 67.1 Å². The number of imidazole rings is 1. The standard InChI is InChI=1S/C29H34N6O6/c30-22(13-19-8-10-21(36)11-9-19)26(37)33-23(15-20-16-31-17-32-20)28(39)35-12-4-7-25(35)27(38)34-24(29(40)41)14-18-5-2-1-3-6-18/h1-3,5-6,8-11,16-17,22-25,36H,4,7,12-15,30H2,(H,31,32)(H,33,37)(H,34,38)(H,40,41). The van der Waals surface area contributed by atoms with Crippen molar-refractivity contribution in [3.05, 3.63) is 83.9 Å². The monoisotopic (exact) mass is 562 g/mol. The van der Waals surface area contributed by atoms with E-state index in [0.717, 1.165) is 11.1 Å². The summed E-state index contributed by atoms with van der Waals surface area (Å²) in [6.45, 7) is 0.280. The predicted molar refractivity (Wildman–Crippen MR) is 148 cm³/mol. The van der Waals surface area contributed by atoms with Crippen LogP contribution in [0.5, 0.6) is 5.75 Å². The number of hydrogen-bond acceptors (Lipinski definition) is 7. The molecule has 1 fully saturated rings. The van der Waals surface area contributed by atoms with Gasteiger partial charge in [0, 0.05) is 31.3 Å². The number of phenolic OH excluding ortho intramolecular Hbond substituents is 1. The van der Waals surface area contributed by atoms with Crippen molar-refractivity contribution in [2.45, 2.75) is 56.3 Å². The van der Waals surface area contributed by atoms with Gasteiger partial charge in [-0.1, -0.05) is 42.5 Å². The zero-order valence-electron chi connectivity index (χ0n) is 22.4. The second-order valence-electron chi connectivity index (χ2n) is 10.1. The number of carbonyl (C=O) groups is 4. The molecule has 3 amide bonds. The van der Waals surface area contributed by atoms with E-state index in [9.17, 15) is 29.4 Å². The number of aromatic amines is 1. The Bertz CT molecular complexity index is 1330. The van der Waals surface area contributed by atoms with Gasteiger partial charge in [0.2, 0.25) is 17.7 Å². The Morgan fingerprint density at radius 1 is 0.976 bits per heavy atom. The molecular formula is C29H34N6O6. The fourth-order valence-electron chi connectivity index (χ4n) is 4.89. The smallest absolute Gasteiger partial charge is 0.326 e.